The molecule has 0 saturated carbocycles. The van der Waals surface area contributed by atoms with Crippen molar-refractivity contribution in [1.82, 2.24) is 10.2 Å². The van der Waals surface area contributed by atoms with E-state index in [1.54, 1.807) is 12.1 Å². The Balaban J connectivity index is 1.29. The van der Waals surface area contributed by atoms with Crippen molar-refractivity contribution in [3.8, 4) is 0 Å². The van der Waals surface area contributed by atoms with Gasteiger partial charge < -0.3 is 15.4 Å². The summed E-state index contributed by atoms with van der Waals surface area (Å²) in [5.41, 5.74) is 2.37. The van der Waals surface area contributed by atoms with Gasteiger partial charge in [-0.05, 0) is 56.5 Å². The van der Waals surface area contributed by atoms with E-state index in [1.165, 1.54) is 5.56 Å². The zero-order chi connectivity index (χ0) is 21.5. The number of piperidine rings is 1. The number of benzene rings is 2. The van der Waals surface area contributed by atoms with Crippen LogP contribution in [0.1, 0.15) is 41.6 Å². The van der Waals surface area contributed by atoms with E-state index in [0.29, 0.717) is 17.8 Å². The summed E-state index contributed by atoms with van der Waals surface area (Å²) in [6, 6.07) is 17.6. The van der Waals surface area contributed by atoms with Crippen molar-refractivity contribution in [3.05, 3.63) is 65.7 Å². The number of amides is 2. The Morgan fingerprint density at radius 2 is 1.71 bits per heavy atom. The molecule has 6 heteroatoms. The molecule has 2 fully saturated rings. The summed E-state index contributed by atoms with van der Waals surface area (Å²) in [5.74, 6) is -0.210. The maximum Gasteiger partial charge on any atom is 0.253 e. The second kappa shape index (κ2) is 10.6. The largest absolute Gasteiger partial charge is 0.376 e. The molecule has 2 saturated heterocycles. The van der Waals surface area contributed by atoms with Crippen molar-refractivity contribution in [1.29, 1.82) is 0 Å². The molecule has 164 valence electrons. The number of hydrogen-bond acceptors (Lipinski definition) is 4. The molecule has 6 nitrogen and oxygen atoms in total. The molecule has 31 heavy (non-hydrogen) atoms. The fourth-order valence-corrected chi connectivity index (χ4v) is 4.33. The lowest BCUT2D eigenvalue weighted by Crippen LogP contribution is -2.38. The van der Waals surface area contributed by atoms with E-state index in [9.17, 15) is 9.59 Å². The number of anilines is 1. The van der Waals surface area contributed by atoms with Gasteiger partial charge in [-0.1, -0.05) is 42.5 Å². The van der Waals surface area contributed by atoms with Gasteiger partial charge in [0.15, 0.2) is 0 Å². The van der Waals surface area contributed by atoms with Crippen LogP contribution in [0, 0.1) is 5.92 Å². The van der Waals surface area contributed by atoms with E-state index in [4.69, 9.17) is 4.74 Å². The molecule has 0 aromatic heterocycles. The molecule has 2 aliphatic rings. The van der Waals surface area contributed by atoms with Crippen LogP contribution >= 0.6 is 0 Å². The number of hydrogen-bond donors (Lipinski definition) is 2. The van der Waals surface area contributed by atoms with Gasteiger partial charge in [0.05, 0.1) is 17.4 Å². The first-order chi connectivity index (χ1) is 15.2. The second-order valence-electron chi connectivity index (χ2n) is 8.42. The maximum absolute atomic E-state index is 12.9. The molecule has 0 bridgehead atoms. The monoisotopic (exact) mass is 421 g/mol. The lowest BCUT2D eigenvalue weighted by molar-refractivity contribution is -0.121. The van der Waals surface area contributed by atoms with E-state index in [0.717, 1.165) is 51.9 Å². The number of nitrogens with one attached hydrogen (secondary N) is 2. The van der Waals surface area contributed by atoms with Gasteiger partial charge in [-0.15, -0.1) is 0 Å². The summed E-state index contributed by atoms with van der Waals surface area (Å²) in [5, 5.41) is 5.95. The zero-order valence-electron chi connectivity index (χ0n) is 17.9. The van der Waals surface area contributed by atoms with Crippen molar-refractivity contribution < 1.29 is 14.3 Å². The van der Waals surface area contributed by atoms with Gasteiger partial charge in [0.2, 0.25) is 5.91 Å². The van der Waals surface area contributed by atoms with E-state index >= 15 is 0 Å². The van der Waals surface area contributed by atoms with Gasteiger partial charge in [0.1, 0.15) is 0 Å². The fraction of sp³-hybridized carbons (Fsp3) is 0.440. The number of ether oxygens (including phenoxy) is 1. The first-order valence-electron chi connectivity index (χ1n) is 11.2. The average molecular weight is 422 g/mol. The third-order valence-corrected chi connectivity index (χ3v) is 6.15. The normalized spacial score (nSPS) is 19.8. The van der Waals surface area contributed by atoms with Crippen LogP contribution < -0.4 is 10.6 Å². The zero-order valence-corrected chi connectivity index (χ0v) is 17.9. The quantitative estimate of drug-likeness (QED) is 0.718. The minimum absolute atomic E-state index is 0.00117. The Labute approximate surface area is 184 Å². The topological polar surface area (TPSA) is 70.7 Å². The maximum atomic E-state index is 12.9. The molecule has 2 aromatic rings. The number of carbonyl (C=O) groups excluding carboxylic acids is 2. The Morgan fingerprint density at radius 3 is 2.45 bits per heavy atom. The van der Waals surface area contributed by atoms with Crippen LogP contribution in [0.15, 0.2) is 54.6 Å². The Bertz CT molecular complexity index is 873. The summed E-state index contributed by atoms with van der Waals surface area (Å²) in [7, 11) is 0. The number of para-hydroxylation sites is 1. The van der Waals surface area contributed by atoms with Crippen LogP contribution in [0.3, 0.4) is 0 Å². The van der Waals surface area contributed by atoms with Crippen molar-refractivity contribution in [2.24, 2.45) is 5.92 Å². The van der Waals surface area contributed by atoms with Crippen LogP contribution in [0.25, 0.3) is 0 Å². The smallest absolute Gasteiger partial charge is 0.253 e. The second-order valence-corrected chi connectivity index (χ2v) is 8.42. The molecule has 1 atom stereocenters. The van der Waals surface area contributed by atoms with Crippen molar-refractivity contribution >= 4 is 17.5 Å². The van der Waals surface area contributed by atoms with Gasteiger partial charge in [0.25, 0.3) is 5.91 Å². The SMILES string of the molecule is O=C(NCC1CCCO1)c1ccccc1NC(=O)C1CCN(Cc2ccccc2)CC1. The molecule has 0 radical (unpaired) electrons. The molecular weight excluding hydrogens is 390 g/mol. The summed E-state index contributed by atoms with van der Waals surface area (Å²) in [4.78, 5) is 28.0. The summed E-state index contributed by atoms with van der Waals surface area (Å²) in [6.07, 6.45) is 3.75. The van der Waals surface area contributed by atoms with Gasteiger partial charge in [-0.3, -0.25) is 14.5 Å². The van der Waals surface area contributed by atoms with Crippen LogP contribution in [0.4, 0.5) is 5.69 Å². The molecule has 2 aliphatic heterocycles. The summed E-state index contributed by atoms with van der Waals surface area (Å²) >= 11 is 0. The van der Waals surface area contributed by atoms with Crippen molar-refractivity contribution in [2.75, 3.05) is 31.6 Å². The average Bonchev–Trinajstić information content (AvgIpc) is 3.33. The fourth-order valence-electron chi connectivity index (χ4n) is 4.33. The van der Waals surface area contributed by atoms with Crippen LogP contribution in [-0.2, 0) is 16.1 Å². The van der Waals surface area contributed by atoms with E-state index in [-0.39, 0.29) is 23.8 Å². The molecule has 2 aromatic carbocycles. The third-order valence-electron chi connectivity index (χ3n) is 6.15. The van der Waals surface area contributed by atoms with Gasteiger partial charge in [-0.2, -0.15) is 0 Å². The van der Waals surface area contributed by atoms with E-state index < -0.39 is 0 Å². The summed E-state index contributed by atoms with van der Waals surface area (Å²) < 4.78 is 5.57. The minimum Gasteiger partial charge on any atom is -0.376 e. The predicted molar refractivity (Wildman–Crippen MR) is 121 cm³/mol. The molecule has 1 unspecified atom stereocenters. The molecule has 0 aliphatic carbocycles. The highest BCUT2D eigenvalue weighted by molar-refractivity contribution is 6.04. The molecule has 2 amide bonds. The van der Waals surface area contributed by atoms with Gasteiger partial charge in [0, 0.05) is 25.6 Å². The first kappa shape index (κ1) is 21.5. The highest BCUT2D eigenvalue weighted by Gasteiger charge is 2.26. The molecule has 4 rings (SSSR count). The highest BCUT2D eigenvalue weighted by Crippen LogP contribution is 2.23. The number of carbonyl (C=O) groups is 2. The molecular formula is C25H31N3O3. The highest BCUT2D eigenvalue weighted by atomic mass is 16.5. The standard InChI is InChI=1S/C25H31N3O3/c29-24(20-12-14-28(15-13-20)18-19-7-2-1-3-8-19)27-23-11-5-4-10-22(23)25(30)26-17-21-9-6-16-31-21/h1-5,7-8,10-11,20-21H,6,9,12-18H2,(H,26,30)(H,27,29). The van der Waals surface area contributed by atoms with Gasteiger partial charge >= 0.3 is 0 Å². The molecule has 2 heterocycles. The lowest BCUT2D eigenvalue weighted by atomic mass is 9.95. The lowest BCUT2D eigenvalue weighted by Gasteiger charge is -2.31. The van der Waals surface area contributed by atoms with Gasteiger partial charge in [-0.25, -0.2) is 0 Å². The van der Waals surface area contributed by atoms with E-state index in [1.807, 2.05) is 18.2 Å². The van der Waals surface area contributed by atoms with E-state index in [2.05, 4.69) is 39.8 Å². The first-order valence-corrected chi connectivity index (χ1v) is 11.2. The number of likely N-dealkylation sites (tertiary alicyclic amines) is 1. The third kappa shape index (κ3) is 5.93. The molecule has 2 N–H and O–H groups in total. The van der Waals surface area contributed by atoms with Crippen LogP contribution in [-0.4, -0.2) is 49.1 Å². The predicted octanol–water partition coefficient (Wildman–Crippen LogP) is 3.45. The summed E-state index contributed by atoms with van der Waals surface area (Å²) in [6.45, 7) is 3.98. The van der Waals surface area contributed by atoms with Crippen LogP contribution in [0.5, 0.6) is 0 Å². The molecule has 0 spiro atoms. The Kier molecular flexibility index (Phi) is 7.33. The van der Waals surface area contributed by atoms with Crippen LogP contribution in [0.2, 0.25) is 0 Å². The number of rotatable bonds is 7. The Morgan fingerprint density at radius 1 is 0.968 bits per heavy atom. The number of nitrogens with zero attached hydrogens (tertiary/aromatic N) is 1. The van der Waals surface area contributed by atoms with Crippen molar-refractivity contribution in [2.45, 2.75) is 38.3 Å². The van der Waals surface area contributed by atoms with Crippen molar-refractivity contribution in [3.63, 3.8) is 0 Å². The minimum atomic E-state index is -0.177. The Hall–Kier alpha value is -2.70.